The number of ether oxygens (including phenoxy) is 2. The highest BCUT2D eigenvalue weighted by Gasteiger charge is 2.19. The van der Waals surface area contributed by atoms with E-state index in [1.165, 1.54) is 21.9 Å². The van der Waals surface area contributed by atoms with Crippen molar-refractivity contribution >= 4 is 23.8 Å². The van der Waals surface area contributed by atoms with Crippen LogP contribution in [0.2, 0.25) is 5.02 Å². The van der Waals surface area contributed by atoms with E-state index < -0.39 is 12.2 Å². The average Bonchev–Trinajstić information content (AvgIpc) is 2.52. The van der Waals surface area contributed by atoms with E-state index in [4.69, 9.17) is 21.1 Å². The molecule has 1 rings (SSSR count). The molecule has 0 N–H and O–H groups in total. The van der Waals surface area contributed by atoms with E-state index >= 15 is 0 Å². The smallest absolute Gasteiger partial charge is 0.406 e. The fourth-order valence-corrected chi connectivity index (χ4v) is 2.09. The number of carbonyl (C=O) groups excluding carboxylic acids is 2. The summed E-state index contributed by atoms with van der Waals surface area (Å²) >= 11 is 5.95. The Morgan fingerprint density at radius 3 is 1.74 bits per heavy atom. The molecule has 0 radical (unpaired) electrons. The third-order valence-corrected chi connectivity index (χ3v) is 3.58. The van der Waals surface area contributed by atoms with Crippen molar-refractivity contribution in [2.24, 2.45) is 0 Å². The van der Waals surface area contributed by atoms with Crippen LogP contribution >= 0.6 is 11.6 Å². The van der Waals surface area contributed by atoms with E-state index in [1.54, 1.807) is 6.07 Å². The van der Waals surface area contributed by atoms with Crippen LogP contribution in [0.25, 0.3) is 0 Å². The minimum Gasteiger partial charge on any atom is -0.406 e. The van der Waals surface area contributed by atoms with E-state index in [2.05, 4.69) is 0 Å². The first kappa shape index (κ1) is 19.1. The number of halogens is 1. The first-order valence-electron chi connectivity index (χ1n) is 7.69. The Balaban J connectivity index is 2.97. The second-order valence-corrected chi connectivity index (χ2v) is 5.11. The number of hydrogen-bond donors (Lipinski definition) is 0. The SMILES string of the molecule is CCN(CC)C(=O)Oc1ccc(Cl)cc1OC(=O)N(CC)CC. The van der Waals surface area contributed by atoms with Crippen LogP contribution in [0.15, 0.2) is 18.2 Å². The minimum atomic E-state index is -0.516. The Kier molecular flexibility index (Phi) is 7.68. The lowest BCUT2D eigenvalue weighted by Crippen LogP contribution is -2.34. The second-order valence-electron chi connectivity index (χ2n) is 4.67. The van der Waals surface area contributed by atoms with Crippen LogP contribution in [-0.4, -0.2) is 48.2 Å². The summed E-state index contributed by atoms with van der Waals surface area (Å²) in [5, 5.41) is 0.384. The van der Waals surface area contributed by atoms with Crippen molar-refractivity contribution in [3.63, 3.8) is 0 Å². The van der Waals surface area contributed by atoms with Gasteiger partial charge in [-0.2, -0.15) is 0 Å². The van der Waals surface area contributed by atoms with Gasteiger partial charge in [0.2, 0.25) is 0 Å². The van der Waals surface area contributed by atoms with Gasteiger partial charge in [-0.3, -0.25) is 0 Å². The summed E-state index contributed by atoms with van der Waals surface area (Å²) in [4.78, 5) is 27.2. The Morgan fingerprint density at radius 2 is 1.30 bits per heavy atom. The zero-order chi connectivity index (χ0) is 17.4. The van der Waals surface area contributed by atoms with Gasteiger partial charge >= 0.3 is 12.2 Å². The molecule has 0 saturated carbocycles. The Morgan fingerprint density at radius 1 is 0.870 bits per heavy atom. The molecule has 0 aromatic heterocycles. The summed E-state index contributed by atoms with van der Waals surface area (Å²) < 4.78 is 10.6. The molecule has 0 bridgehead atoms. The van der Waals surface area contributed by atoms with Gasteiger partial charge in [-0.05, 0) is 39.8 Å². The van der Waals surface area contributed by atoms with Crippen molar-refractivity contribution in [1.82, 2.24) is 9.80 Å². The summed E-state index contributed by atoms with van der Waals surface area (Å²) in [5.74, 6) is 0.279. The van der Waals surface area contributed by atoms with Crippen LogP contribution in [0.3, 0.4) is 0 Å². The van der Waals surface area contributed by atoms with Crippen molar-refractivity contribution in [2.75, 3.05) is 26.2 Å². The van der Waals surface area contributed by atoms with Crippen molar-refractivity contribution in [2.45, 2.75) is 27.7 Å². The predicted octanol–water partition coefficient (Wildman–Crippen LogP) is 4.02. The molecular weight excluding hydrogens is 320 g/mol. The molecule has 0 atom stereocenters. The third-order valence-electron chi connectivity index (χ3n) is 3.34. The lowest BCUT2D eigenvalue weighted by atomic mass is 10.3. The normalized spacial score (nSPS) is 10.1. The molecule has 1 aromatic carbocycles. The molecule has 6 nitrogen and oxygen atoms in total. The molecule has 0 fully saturated rings. The van der Waals surface area contributed by atoms with Gasteiger partial charge in [0, 0.05) is 37.3 Å². The summed E-state index contributed by atoms with van der Waals surface area (Å²) in [6.45, 7) is 9.50. The molecule has 1 aromatic rings. The Bertz CT molecular complexity index is 543. The lowest BCUT2D eigenvalue weighted by molar-refractivity contribution is 0.146. The number of nitrogens with zero attached hydrogens (tertiary/aromatic N) is 2. The summed E-state index contributed by atoms with van der Waals surface area (Å²) in [7, 11) is 0. The maximum atomic E-state index is 12.1. The van der Waals surface area contributed by atoms with Crippen LogP contribution < -0.4 is 9.47 Å². The second kappa shape index (κ2) is 9.25. The highest BCUT2D eigenvalue weighted by Crippen LogP contribution is 2.31. The van der Waals surface area contributed by atoms with E-state index in [0.29, 0.717) is 31.2 Å². The summed E-state index contributed by atoms with van der Waals surface area (Å²) in [5.41, 5.74) is 0. The molecule has 0 saturated heterocycles. The van der Waals surface area contributed by atoms with Gasteiger partial charge in [-0.25, -0.2) is 9.59 Å². The van der Waals surface area contributed by atoms with E-state index in [-0.39, 0.29) is 11.5 Å². The molecule has 0 aliphatic rings. The summed E-state index contributed by atoms with van der Waals surface area (Å²) in [6, 6.07) is 4.53. The first-order valence-corrected chi connectivity index (χ1v) is 8.07. The third kappa shape index (κ3) is 5.32. The van der Waals surface area contributed by atoms with Crippen LogP contribution in [0.1, 0.15) is 27.7 Å². The van der Waals surface area contributed by atoms with Gasteiger partial charge in [-0.1, -0.05) is 11.6 Å². The standard InChI is InChI=1S/C16H23ClN2O4/c1-5-18(6-2)15(20)22-13-10-9-12(17)11-14(13)23-16(21)19(7-3)8-4/h9-11H,5-8H2,1-4H3. The first-order chi connectivity index (χ1) is 11.0. The largest absolute Gasteiger partial charge is 0.415 e. The van der Waals surface area contributed by atoms with E-state index in [1.807, 2.05) is 27.7 Å². The number of hydrogen-bond acceptors (Lipinski definition) is 4. The van der Waals surface area contributed by atoms with Crippen molar-refractivity contribution in [1.29, 1.82) is 0 Å². The van der Waals surface area contributed by atoms with E-state index in [0.717, 1.165) is 0 Å². The lowest BCUT2D eigenvalue weighted by Gasteiger charge is -2.21. The fraction of sp³-hybridized carbons (Fsp3) is 0.500. The van der Waals surface area contributed by atoms with Gasteiger partial charge in [0.1, 0.15) is 0 Å². The molecule has 2 amide bonds. The fourth-order valence-electron chi connectivity index (χ4n) is 1.93. The molecule has 128 valence electrons. The number of amides is 2. The summed E-state index contributed by atoms with van der Waals surface area (Å²) in [6.07, 6.45) is -1.02. The maximum absolute atomic E-state index is 12.1. The minimum absolute atomic E-state index is 0.120. The van der Waals surface area contributed by atoms with Crippen molar-refractivity contribution < 1.29 is 19.1 Å². The number of carbonyl (C=O) groups is 2. The molecule has 0 heterocycles. The van der Waals surface area contributed by atoms with Crippen LogP contribution in [-0.2, 0) is 0 Å². The molecule has 0 unspecified atom stereocenters. The monoisotopic (exact) mass is 342 g/mol. The highest BCUT2D eigenvalue weighted by atomic mass is 35.5. The molecule has 0 aliphatic heterocycles. The number of benzene rings is 1. The van der Waals surface area contributed by atoms with Gasteiger partial charge in [0.25, 0.3) is 0 Å². The quantitative estimate of drug-likeness (QED) is 0.783. The van der Waals surface area contributed by atoms with Gasteiger partial charge in [-0.15, -0.1) is 0 Å². The maximum Gasteiger partial charge on any atom is 0.415 e. The molecule has 7 heteroatoms. The Labute approximate surface area is 141 Å². The molecule has 0 spiro atoms. The van der Waals surface area contributed by atoms with Crippen LogP contribution in [0, 0.1) is 0 Å². The predicted molar refractivity (Wildman–Crippen MR) is 89.3 cm³/mol. The molecular formula is C16H23ClN2O4. The van der Waals surface area contributed by atoms with Crippen molar-refractivity contribution in [3.8, 4) is 11.5 Å². The van der Waals surface area contributed by atoms with E-state index in [9.17, 15) is 9.59 Å². The Hall–Kier alpha value is -1.95. The van der Waals surface area contributed by atoms with Gasteiger partial charge in [0.05, 0.1) is 0 Å². The zero-order valence-electron chi connectivity index (χ0n) is 14.0. The zero-order valence-corrected chi connectivity index (χ0v) is 14.7. The van der Waals surface area contributed by atoms with Gasteiger partial charge in [0.15, 0.2) is 11.5 Å². The van der Waals surface area contributed by atoms with Crippen LogP contribution in [0.5, 0.6) is 11.5 Å². The van der Waals surface area contributed by atoms with Crippen molar-refractivity contribution in [3.05, 3.63) is 23.2 Å². The van der Waals surface area contributed by atoms with Gasteiger partial charge < -0.3 is 19.3 Å². The highest BCUT2D eigenvalue weighted by molar-refractivity contribution is 6.30. The molecule has 0 aliphatic carbocycles. The average molecular weight is 343 g/mol. The van der Waals surface area contributed by atoms with Crippen LogP contribution in [0.4, 0.5) is 9.59 Å². The number of rotatable bonds is 6. The molecule has 23 heavy (non-hydrogen) atoms. The topological polar surface area (TPSA) is 59.1 Å².